The van der Waals surface area contributed by atoms with E-state index in [-0.39, 0.29) is 5.82 Å². The van der Waals surface area contributed by atoms with E-state index in [1.807, 2.05) is 13.0 Å². The van der Waals surface area contributed by atoms with Crippen LogP contribution in [-0.2, 0) is 0 Å². The van der Waals surface area contributed by atoms with Gasteiger partial charge in [0.2, 0.25) is 0 Å². The predicted molar refractivity (Wildman–Crippen MR) is 83.8 cm³/mol. The minimum Gasteiger partial charge on any atom is -0.365 e. The van der Waals surface area contributed by atoms with Gasteiger partial charge in [-0.3, -0.25) is 0 Å². The van der Waals surface area contributed by atoms with Crippen molar-refractivity contribution in [1.29, 1.82) is 0 Å². The number of benzene rings is 1. The molecule has 1 aromatic rings. The fourth-order valence-electron chi connectivity index (χ4n) is 3.16. The molecule has 1 fully saturated rings. The van der Waals surface area contributed by atoms with Crippen molar-refractivity contribution in [3.63, 3.8) is 0 Å². The van der Waals surface area contributed by atoms with Crippen molar-refractivity contribution in [2.24, 2.45) is 5.92 Å². The van der Waals surface area contributed by atoms with E-state index in [0.29, 0.717) is 18.0 Å². The maximum atomic E-state index is 13.8. The zero-order chi connectivity index (χ0) is 14.7. The highest BCUT2D eigenvalue weighted by Crippen LogP contribution is 2.27. The molecule has 1 aliphatic rings. The Labute approximate surface area is 122 Å². The Hall–Kier alpha value is -1.09. The van der Waals surface area contributed by atoms with E-state index in [4.69, 9.17) is 0 Å². The molecule has 1 N–H and O–H groups in total. The summed E-state index contributed by atoms with van der Waals surface area (Å²) in [6.07, 6.45) is 2.25. The van der Waals surface area contributed by atoms with Crippen LogP contribution in [0, 0.1) is 18.7 Å². The van der Waals surface area contributed by atoms with Crippen LogP contribution in [0.25, 0.3) is 0 Å². The highest BCUT2D eigenvalue weighted by atomic mass is 19.1. The summed E-state index contributed by atoms with van der Waals surface area (Å²) in [5.74, 6) is 0.581. The number of rotatable bonds is 4. The van der Waals surface area contributed by atoms with Crippen molar-refractivity contribution in [2.45, 2.75) is 52.6 Å². The number of nitrogens with zero attached hydrogens (tertiary/aromatic N) is 1. The number of halogens is 1. The Bertz CT molecular complexity index is 445. The highest BCUT2D eigenvalue weighted by Gasteiger charge is 2.28. The Morgan fingerprint density at radius 3 is 2.80 bits per heavy atom. The van der Waals surface area contributed by atoms with Crippen LogP contribution in [0.4, 0.5) is 10.1 Å². The van der Waals surface area contributed by atoms with Crippen LogP contribution in [0.3, 0.4) is 0 Å². The molecule has 3 heteroatoms. The molecule has 2 nitrogen and oxygen atoms in total. The van der Waals surface area contributed by atoms with Crippen molar-refractivity contribution in [3.05, 3.63) is 29.6 Å². The summed E-state index contributed by atoms with van der Waals surface area (Å²) in [7, 11) is 0. The highest BCUT2D eigenvalue weighted by molar-refractivity contribution is 5.55. The summed E-state index contributed by atoms with van der Waals surface area (Å²) in [6.45, 7) is 10.6. The molecule has 20 heavy (non-hydrogen) atoms. The van der Waals surface area contributed by atoms with Crippen LogP contribution >= 0.6 is 0 Å². The normalized spacial score (nSPS) is 23.4. The van der Waals surface area contributed by atoms with Crippen LogP contribution in [0.2, 0.25) is 0 Å². The molecule has 1 heterocycles. The summed E-state index contributed by atoms with van der Waals surface area (Å²) < 4.78 is 13.8. The van der Waals surface area contributed by atoms with Crippen molar-refractivity contribution < 1.29 is 4.39 Å². The summed E-state index contributed by atoms with van der Waals surface area (Å²) in [5.41, 5.74) is 1.84. The molecule has 1 aromatic carbocycles. The lowest BCUT2D eigenvalue weighted by molar-refractivity contribution is 0.343. The first-order valence-electron chi connectivity index (χ1n) is 7.78. The van der Waals surface area contributed by atoms with Crippen molar-refractivity contribution in [1.82, 2.24) is 5.32 Å². The zero-order valence-corrected chi connectivity index (χ0v) is 13.1. The molecule has 0 bridgehead atoms. The predicted octanol–water partition coefficient (Wildman–Crippen LogP) is 3.74. The standard InChI is InChI=1S/C17H27FN2/c1-5-15-10-19-14(9-12(2)3)11-20(15)17-8-6-7-16(18)13(17)4/h6-8,12,14-15,19H,5,9-11H2,1-4H3. The summed E-state index contributed by atoms with van der Waals surface area (Å²) >= 11 is 0. The third-order valence-corrected chi connectivity index (χ3v) is 4.28. The van der Waals surface area contributed by atoms with Crippen LogP contribution < -0.4 is 10.2 Å². The van der Waals surface area contributed by atoms with Gasteiger partial charge in [0, 0.05) is 36.4 Å². The second-order valence-corrected chi connectivity index (χ2v) is 6.33. The molecular formula is C17H27FN2. The first-order chi connectivity index (χ1) is 9.52. The molecule has 1 saturated heterocycles. The Morgan fingerprint density at radius 2 is 2.15 bits per heavy atom. The molecule has 0 saturated carbocycles. The second-order valence-electron chi connectivity index (χ2n) is 6.33. The number of nitrogens with one attached hydrogen (secondary N) is 1. The topological polar surface area (TPSA) is 15.3 Å². The molecule has 2 unspecified atom stereocenters. The second kappa shape index (κ2) is 6.57. The lowest BCUT2D eigenvalue weighted by Gasteiger charge is -2.43. The molecule has 1 aliphatic heterocycles. The van der Waals surface area contributed by atoms with Crippen LogP contribution in [0.5, 0.6) is 0 Å². The fourth-order valence-corrected chi connectivity index (χ4v) is 3.16. The SMILES string of the molecule is CCC1CNC(CC(C)C)CN1c1cccc(F)c1C. The third-order valence-electron chi connectivity index (χ3n) is 4.28. The van der Waals surface area contributed by atoms with E-state index in [9.17, 15) is 4.39 Å². The number of anilines is 1. The maximum Gasteiger partial charge on any atom is 0.128 e. The van der Waals surface area contributed by atoms with Gasteiger partial charge in [0.25, 0.3) is 0 Å². The number of hydrogen-bond acceptors (Lipinski definition) is 2. The van der Waals surface area contributed by atoms with Gasteiger partial charge >= 0.3 is 0 Å². The first kappa shape index (κ1) is 15.3. The van der Waals surface area contributed by atoms with E-state index in [1.165, 1.54) is 6.42 Å². The Morgan fingerprint density at radius 1 is 1.40 bits per heavy atom. The Kier molecular flexibility index (Phi) is 5.03. The van der Waals surface area contributed by atoms with E-state index in [1.54, 1.807) is 6.07 Å². The van der Waals surface area contributed by atoms with Gasteiger partial charge in [0.05, 0.1) is 0 Å². The molecule has 0 spiro atoms. The van der Waals surface area contributed by atoms with Crippen molar-refractivity contribution in [3.8, 4) is 0 Å². The van der Waals surface area contributed by atoms with E-state index < -0.39 is 0 Å². The molecule has 2 rings (SSSR count). The largest absolute Gasteiger partial charge is 0.365 e. The summed E-state index contributed by atoms with van der Waals surface area (Å²) in [4.78, 5) is 2.40. The van der Waals surface area contributed by atoms with Gasteiger partial charge in [-0.1, -0.05) is 26.8 Å². The molecule has 0 radical (unpaired) electrons. The lowest BCUT2D eigenvalue weighted by Crippen LogP contribution is -2.57. The molecule has 0 aliphatic carbocycles. The molecule has 0 aromatic heterocycles. The van der Waals surface area contributed by atoms with Gasteiger partial charge in [-0.15, -0.1) is 0 Å². The zero-order valence-electron chi connectivity index (χ0n) is 13.1. The monoisotopic (exact) mass is 278 g/mol. The summed E-state index contributed by atoms with van der Waals surface area (Å²) in [6, 6.07) is 6.38. The van der Waals surface area contributed by atoms with Gasteiger partial charge < -0.3 is 10.2 Å². The molecule has 0 amide bonds. The summed E-state index contributed by atoms with van der Waals surface area (Å²) in [5, 5.41) is 3.65. The number of hydrogen-bond donors (Lipinski definition) is 1. The van der Waals surface area contributed by atoms with Gasteiger partial charge in [-0.2, -0.15) is 0 Å². The van der Waals surface area contributed by atoms with Crippen LogP contribution in [0.15, 0.2) is 18.2 Å². The lowest BCUT2D eigenvalue weighted by atomic mass is 9.97. The maximum absolute atomic E-state index is 13.8. The average Bonchev–Trinajstić information content (AvgIpc) is 2.41. The minimum atomic E-state index is -0.101. The van der Waals surface area contributed by atoms with Crippen molar-refractivity contribution in [2.75, 3.05) is 18.0 Å². The smallest absolute Gasteiger partial charge is 0.128 e. The minimum absolute atomic E-state index is 0.101. The van der Waals surface area contributed by atoms with Gasteiger partial charge in [0.1, 0.15) is 5.82 Å². The van der Waals surface area contributed by atoms with E-state index >= 15 is 0 Å². The molecular weight excluding hydrogens is 251 g/mol. The van der Waals surface area contributed by atoms with E-state index in [2.05, 4.69) is 37.1 Å². The molecule has 112 valence electrons. The van der Waals surface area contributed by atoms with Gasteiger partial charge in [-0.05, 0) is 37.8 Å². The van der Waals surface area contributed by atoms with Gasteiger partial charge in [0.15, 0.2) is 0 Å². The van der Waals surface area contributed by atoms with Crippen LogP contribution in [-0.4, -0.2) is 25.2 Å². The quantitative estimate of drug-likeness (QED) is 0.902. The number of piperazine rings is 1. The van der Waals surface area contributed by atoms with Gasteiger partial charge in [-0.25, -0.2) is 4.39 Å². The van der Waals surface area contributed by atoms with Crippen LogP contribution in [0.1, 0.15) is 39.2 Å². The Balaban J connectivity index is 2.22. The third kappa shape index (κ3) is 3.32. The first-order valence-corrected chi connectivity index (χ1v) is 7.78. The van der Waals surface area contributed by atoms with E-state index in [0.717, 1.165) is 30.8 Å². The molecule has 2 atom stereocenters. The van der Waals surface area contributed by atoms with Crippen molar-refractivity contribution >= 4 is 5.69 Å². The average molecular weight is 278 g/mol. The fraction of sp³-hybridized carbons (Fsp3) is 0.647.